The standard InChI is InChI=1S/C14H24N2O3/c17-13(11-4-5-12(10-11)14(18)19)15-6-9-16-7-2-1-3-8-16/h11-12H,1-10H2,(H,15,17)(H,18,19)/t11-,12+/m1/s1. The first-order valence-corrected chi connectivity index (χ1v) is 7.39. The summed E-state index contributed by atoms with van der Waals surface area (Å²) in [5, 5.41) is 11.9. The summed E-state index contributed by atoms with van der Waals surface area (Å²) >= 11 is 0. The summed E-state index contributed by atoms with van der Waals surface area (Å²) < 4.78 is 0. The van der Waals surface area contributed by atoms with Gasteiger partial charge in [-0.05, 0) is 45.2 Å². The van der Waals surface area contributed by atoms with Crippen LogP contribution in [-0.4, -0.2) is 48.1 Å². The van der Waals surface area contributed by atoms with E-state index in [1.807, 2.05) is 0 Å². The van der Waals surface area contributed by atoms with Crippen molar-refractivity contribution in [3.63, 3.8) is 0 Å². The van der Waals surface area contributed by atoms with Crippen molar-refractivity contribution in [3.8, 4) is 0 Å². The van der Waals surface area contributed by atoms with Gasteiger partial charge in [0.15, 0.2) is 0 Å². The van der Waals surface area contributed by atoms with Gasteiger partial charge in [0.25, 0.3) is 0 Å². The summed E-state index contributed by atoms with van der Waals surface area (Å²) in [6, 6.07) is 0. The number of likely N-dealkylation sites (tertiary alicyclic amines) is 1. The summed E-state index contributed by atoms with van der Waals surface area (Å²) in [6.07, 6.45) is 5.70. The van der Waals surface area contributed by atoms with Crippen LogP contribution in [0.2, 0.25) is 0 Å². The van der Waals surface area contributed by atoms with Crippen LogP contribution in [0.3, 0.4) is 0 Å². The summed E-state index contributed by atoms with van der Waals surface area (Å²) in [6.45, 7) is 3.88. The molecular weight excluding hydrogens is 244 g/mol. The van der Waals surface area contributed by atoms with Crippen molar-refractivity contribution in [2.75, 3.05) is 26.2 Å². The second-order valence-electron chi connectivity index (χ2n) is 5.74. The molecule has 0 aromatic carbocycles. The van der Waals surface area contributed by atoms with Gasteiger partial charge in [-0.25, -0.2) is 0 Å². The van der Waals surface area contributed by atoms with Crippen LogP contribution in [0, 0.1) is 11.8 Å². The van der Waals surface area contributed by atoms with Crippen LogP contribution in [-0.2, 0) is 9.59 Å². The highest BCUT2D eigenvalue weighted by molar-refractivity contribution is 5.80. The Morgan fingerprint density at radius 1 is 1.11 bits per heavy atom. The maximum atomic E-state index is 11.9. The number of piperidine rings is 1. The number of nitrogens with one attached hydrogen (secondary N) is 1. The van der Waals surface area contributed by atoms with Crippen LogP contribution in [0.25, 0.3) is 0 Å². The molecule has 1 saturated carbocycles. The molecule has 0 unspecified atom stereocenters. The number of aliphatic carboxylic acids is 1. The molecule has 2 N–H and O–H groups in total. The number of carbonyl (C=O) groups is 2. The van der Waals surface area contributed by atoms with Gasteiger partial charge in [0.2, 0.25) is 5.91 Å². The molecule has 1 saturated heterocycles. The monoisotopic (exact) mass is 268 g/mol. The first kappa shape index (κ1) is 14.3. The van der Waals surface area contributed by atoms with Gasteiger partial charge in [-0.15, -0.1) is 0 Å². The van der Waals surface area contributed by atoms with Crippen molar-refractivity contribution in [1.82, 2.24) is 10.2 Å². The molecule has 0 aromatic heterocycles. The third kappa shape index (κ3) is 4.20. The van der Waals surface area contributed by atoms with Gasteiger partial charge in [0.05, 0.1) is 5.92 Å². The molecule has 1 heterocycles. The molecule has 0 bridgehead atoms. The molecule has 0 aromatic rings. The number of amides is 1. The minimum Gasteiger partial charge on any atom is -0.481 e. The second kappa shape index (κ2) is 6.89. The molecule has 5 nitrogen and oxygen atoms in total. The van der Waals surface area contributed by atoms with E-state index >= 15 is 0 Å². The van der Waals surface area contributed by atoms with Crippen molar-refractivity contribution in [3.05, 3.63) is 0 Å². The van der Waals surface area contributed by atoms with E-state index in [1.54, 1.807) is 0 Å². The maximum Gasteiger partial charge on any atom is 0.306 e. The molecule has 2 fully saturated rings. The average Bonchev–Trinajstić information content (AvgIpc) is 2.89. The molecule has 5 heteroatoms. The Morgan fingerprint density at radius 3 is 2.42 bits per heavy atom. The van der Waals surface area contributed by atoms with Crippen LogP contribution in [0.15, 0.2) is 0 Å². The Hall–Kier alpha value is -1.10. The van der Waals surface area contributed by atoms with Gasteiger partial charge in [-0.1, -0.05) is 6.42 Å². The first-order chi connectivity index (χ1) is 9.16. The Bertz CT molecular complexity index is 327. The zero-order valence-corrected chi connectivity index (χ0v) is 11.4. The lowest BCUT2D eigenvalue weighted by molar-refractivity contribution is -0.141. The fraction of sp³-hybridized carbons (Fsp3) is 0.857. The van der Waals surface area contributed by atoms with E-state index in [0.29, 0.717) is 25.8 Å². The van der Waals surface area contributed by atoms with Gasteiger partial charge in [0.1, 0.15) is 0 Å². The van der Waals surface area contributed by atoms with Gasteiger partial charge in [-0.3, -0.25) is 9.59 Å². The molecule has 1 aliphatic heterocycles. The highest BCUT2D eigenvalue weighted by atomic mass is 16.4. The van der Waals surface area contributed by atoms with Crippen molar-refractivity contribution in [1.29, 1.82) is 0 Å². The van der Waals surface area contributed by atoms with E-state index in [4.69, 9.17) is 5.11 Å². The van der Waals surface area contributed by atoms with Crippen molar-refractivity contribution in [2.45, 2.75) is 38.5 Å². The summed E-state index contributed by atoms with van der Waals surface area (Å²) in [4.78, 5) is 25.2. The molecule has 2 rings (SSSR count). The van der Waals surface area contributed by atoms with Crippen LogP contribution < -0.4 is 5.32 Å². The zero-order chi connectivity index (χ0) is 13.7. The van der Waals surface area contributed by atoms with Crippen LogP contribution in [0.1, 0.15) is 38.5 Å². The minimum atomic E-state index is -0.761. The molecule has 2 atom stereocenters. The summed E-state index contributed by atoms with van der Waals surface area (Å²) in [5.74, 6) is -1.13. The zero-order valence-electron chi connectivity index (χ0n) is 11.4. The van der Waals surface area contributed by atoms with E-state index in [0.717, 1.165) is 19.6 Å². The number of hydrogen-bond acceptors (Lipinski definition) is 3. The number of carbonyl (C=O) groups excluding carboxylic acids is 1. The SMILES string of the molecule is O=C(O)[C@H]1CC[C@@H](C(=O)NCCN2CCCCC2)C1. The predicted molar refractivity (Wildman–Crippen MR) is 71.8 cm³/mol. The highest BCUT2D eigenvalue weighted by Crippen LogP contribution is 2.30. The Balaban J connectivity index is 1.63. The first-order valence-electron chi connectivity index (χ1n) is 7.39. The molecule has 0 spiro atoms. The van der Waals surface area contributed by atoms with Gasteiger partial charge < -0.3 is 15.3 Å². The third-order valence-electron chi connectivity index (χ3n) is 4.33. The highest BCUT2D eigenvalue weighted by Gasteiger charge is 2.33. The Kier molecular flexibility index (Phi) is 5.19. The molecular formula is C14H24N2O3. The van der Waals surface area contributed by atoms with Crippen LogP contribution in [0.5, 0.6) is 0 Å². The largest absolute Gasteiger partial charge is 0.481 e. The van der Waals surface area contributed by atoms with E-state index < -0.39 is 5.97 Å². The number of carboxylic acid groups (broad SMARTS) is 1. The summed E-state index contributed by atoms with van der Waals surface area (Å²) in [5.41, 5.74) is 0. The number of rotatable bonds is 5. The number of hydrogen-bond donors (Lipinski definition) is 2. The number of carboxylic acids is 1. The van der Waals surface area contributed by atoms with Crippen molar-refractivity contribution in [2.24, 2.45) is 11.8 Å². The molecule has 1 amide bonds. The predicted octanol–water partition coefficient (Wildman–Crippen LogP) is 1.09. The smallest absolute Gasteiger partial charge is 0.306 e. The van der Waals surface area contributed by atoms with Crippen molar-refractivity contribution < 1.29 is 14.7 Å². The van der Waals surface area contributed by atoms with Crippen LogP contribution >= 0.6 is 0 Å². The fourth-order valence-electron chi connectivity index (χ4n) is 3.11. The van der Waals surface area contributed by atoms with E-state index in [9.17, 15) is 9.59 Å². The van der Waals surface area contributed by atoms with Gasteiger partial charge in [0, 0.05) is 19.0 Å². The topological polar surface area (TPSA) is 69.6 Å². The molecule has 19 heavy (non-hydrogen) atoms. The third-order valence-corrected chi connectivity index (χ3v) is 4.33. The molecule has 108 valence electrons. The van der Waals surface area contributed by atoms with E-state index in [1.165, 1.54) is 19.3 Å². The normalized spacial score (nSPS) is 28.2. The number of nitrogens with zero attached hydrogens (tertiary/aromatic N) is 1. The molecule has 0 radical (unpaired) electrons. The quantitative estimate of drug-likeness (QED) is 0.783. The van der Waals surface area contributed by atoms with Gasteiger partial charge >= 0.3 is 5.97 Å². The van der Waals surface area contributed by atoms with E-state index in [2.05, 4.69) is 10.2 Å². The Morgan fingerprint density at radius 2 is 1.79 bits per heavy atom. The van der Waals surface area contributed by atoms with Crippen LogP contribution in [0.4, 0.5) is 0 Å². The lowest BCUT2D eigenvalue weighted by Crippen LogP contribution is -2.39. The minimum absolute atomic E-state index is 0.0424. The molecule has 2 aliphatic rings. The second-order valence-corrected chi connectivity index (χ2v) is 5.74. The Labute approximate surface area is 114 Å². The molecule has 1 aliphatic carbocycles. The maximum absolute atomic E-state index is 11.9. The lowest BCUT2D eigenvalue weighted by Gasteiger charge is -2.26. The average molecular weight is 268 g/mol. The summed E-state index contributed by atoms with van der Waals surface area (Å²) in [7, 11) is 0. The van der Waals surface area contributed by atoms with Crippen molar-refractivity contribution >= 4 is 11.9 Å². The lowest BCUT2D eigenvalue weighted by atomic mass is 10.0. The fourth-order valence-corrected chi connectivity index (χ4v) is 3.11. The van der Waals surface area contributed by atoms with Gasteiger partial charge in [-0.2, -0.15) is 0 Å². The van der Waals surface area contributed by atoms with E-state index in [-0.39, 0.29) is 17.7 Å².